The van der Waals surface area contributed by atoms with E-state index in [1.165, 1.54) is 0 Å². The van der Waals surface area contributed by atoms with E-state index in [-0.39, 0.29) is 37.6 Å². The van der Waals surface area contributed by atoms with Crippen LogP contribution < -0.4 is 24.3 Å². The second-order valence-electron chi connectivity index (χ2n) is 8.69. The highest BCUT2D eigenvalue weighted by atomic mass is 16.6. The highest BCUT2D eigenvalue weighted by Gasteiger charge is 2.27. The third-order valence-electron chi connectivity index (χ3n) is 6.28. The number of fused-ring (bicyclic) bond motifs is 1. The average molecular weight is 471 g/mol. The SMILES string of the molecule is COc1ccc(OCCC(=O)N[C@@H](Cc2ccc3c(c2)OCCO3)CN2CCC[C@@H]2CO)cc1. The summed E-state index contributed by atoms with van der Waals surface area (Å²) in [5.74, 6) is 2.90. The molecule has 2 aliphatic heterocycles. The van der Waals surface area contributed by atoms with Crippen LogP contribution in [0.2, 0.25) is 0 Å². The first-order valence-electron chi connectivity index (χ1n) is 11.9. The molecule has 0 aliphatic carbocycles. The summed E-state index contributed by atoms with van der Waals surface area (Å²) in [5, 5.41) is 12.9. The van der Waals surface area contributed by atoms with E-state index in [9.17, 15) is 9.90 Å². The van der Waals surface area contributed by atoms with Gasteiger partial charge in [-0.15, -0.1) is 0 Å². The maximum atomic E-state index is 12.8. The molecule has 2 atom stereocenters. The number of carbonyl (C=O) groups excluding carboxylic acids is 1. The van der Waals surface area contributed by atoms with Crippen molar-refractivity contribution in [1.29, 1.82) is 0 Å². The topological polar surface area (TPSA) is 89.5 Å². The lowest BCUT2D eigenvalue weighted by atomic mass is 10.0. The summed E-state index contributed by atoms with van der Waals surface area (Å²) in [4.78, 5) is 15.0. The monoisotopic (exact) mass is 470 g/mol. The van der Waals surface area contributed by atoms with Crippen molar-refractivity contribution in [3.05, 3.63) is 48.0 Å². The first kappa shape index (κ1) is 24.2. The smallest absolute Gasteiger partial charge is 0.223 e. The molecule has 1 saturated heterocycles. The van der Waals surface area contributed by atoms with Crippen LogP contribution in [0.15, 0.2) is 42.5 Å². The van der Waals surface area contributed by atoms with E-state index in [0.717, 1.165) is 42.2 Å². The lowest BCUT2D eigenvalue weighted by Gasteiger charge is -2.29. The number of hydrogen-bond acceptors (Lipinski definition) is 7. The van der Waals surface area contributed by atoms with E-state index in [1.54, 1.807) is 7.11 Å². The van der Waals surface area contributed by atoms with Gasteiger partial charge < -0.3 is 29.4 Å². The number of carbonyl (C=O) groups is 1. The van der Waals surface area contributed by atoms with Gasteiger partial charge in [-0.1, -0.05) is 6.07 Å². The molecule has 2 aromatic carbocycles. The molecule has 2 aliphatic rings. The zero-order valence-corrected chi connectivity index (χ0v) is 19.7. The Kier molecular flexibility index (Phi) is 8.49. The molecular formula is C26H34N2O6. The van der Waals surface area contributed by atoms with Crippen LogP contribution in [0.3, 0.4) is 0 Å². The van der Waals surface area contributed by atoms with Crippen LogP contribution in [0, 0.1) is 0 Å². The largest absolute Gasteiger partial charge is 0.497 e. The molecule has 4 rings (SSSR count). The maximum Gasteiger partial charge on any atom is 0.223 e. The number of ether oxygens (including phenoxy) is 4. The molecule has 1 amide bonds. The van der Waals surface area contributed by atoms with Crippen LogP contribution in [0.4, 0.5) is 0 Å². The van der Waals surface area contributed by atoms with Gasteiger partial charge in [0.15, 0.2) is 11.5 Å². The predicted molar refractivity (Wildman–Crippen MR) is 128 cm³/mol. The molecule has 0 bridgehead atoms. The molecule has 2 N–H and O–H groups in total. The summed E-state index contributed by atoms with van der Waals surface area (Å²) in [5.41, 5.74) is 1.07. The molecule has 1 fully saturated rings. The Morgan fingerprint density at radius 2 is 1.91 bits per heavy atom. The van der Waals surface area contributed by atoms with Crippen LogP contribution in [0.5, 0.6) is 23.0 Å². The number of nitrogens with one attached hydrogen (secondary N) is 1. The number of likely N-dealkylation sites (tertiary alicyclic amines) is 1. The predicted octanol–water partition coefficient (Wildman–Crippen LogP) is 2.42. The van der Waals surface area contributed by atoms with Crippen molar-refractivity contribution in [1.82, 2.24) is 10.2 Å². The molecule has 8 heteroatoms. The molecule has 8 nitrogen and oxygen atoms in total. The lowest BCUT2D eigenvalue weighted by molar-refractivity contribution is -0.122. The van der Waals surface area contributed by atoms with Gasteiger partial charge in [-0.3, -0.25) is 9.69 Å². The summed E-state index contributed by atoms with van der Waals surface area (Å²) in [6.45, 7) is 3.14. The Bertz CT molecular complexity index is 935. The van der Waals surface area contributed by atoms with E-state index in [2.05, 4.69) is 10.2 Å². The van der Waals surface area contributed by atoms with Gasteiger partial charge in [0.25, 0.3) is 0 Å². The number of aliphatic hydroxyl groups is 1. The minimum absolute atomic E-state index is 0.0594. The quantitative estimate of drug-likeness (QED) is 0.521. The number of aliphatic hydroxyl groups excluding tert-OH is 1. The normalized spacial score (nSPS) is 18.4. The van der Waals surface area contributed by atoms with E-state index >= 15 is 0 Å². The lowest BCUT2D eigenvalue weighted by Crippen LogP contribution is -2.47. The van der Waals surface area contributed by atoms with Gasteiger partial charge in [-0.25, -0.2) is 0 Å². The molecule has 0 radical (unpaired) electrons. The second-order valence-corrected chi connectivity index (χ2v) is 8.69. The summed E-state index contributed by atoms with van der Waals surface area (Å²) in [6.07, 6.45) is 2.96. The molecule has 0 spiro atoms. The first-order valence-corrected chi connectivity index (χ1v) is 11.9. The Morgan fingerprint density at radius 1 is 1.15 bits per heavy atom. The van der Waals surface area contributed by atoms with Gasteiger partial charge in [-0.2, -0.15) is 0 Å². The highest BCUT2D eigenvalue weighted by Crippen LogP contribution is 2.31. The maximum absolute atomic E-state index is 12.8. The van der Waals surface area contributed by atoms with Crippen molar-refractivity contribution in [2.45, 2.75) is 37.8 Å². The molecule has 2 heterocycles. The molecular weight excluding hydrogens is 436 g/mol. The Hall–Kier alpha value is -2.97. The minimum Gasteiger partial charge on any atom is -0.497 e. The van der Waals surface area contributed by atoms with Crippen LogP contribution >= 0.6 is 0 Å². The van der Waals surface area contributed by atoms with E-state index < -0.39 is 0 Å². The van der Waals surface area contributed by atoms with Crippen molar-refractivity contribution in [3.63, 3.8) is 0 Å². The van der Waals surface area contributed by atoms with Crippen LogP contribution in [0.25, 0.3) is 0 Å². The van der Waals surface area contributed by atoms with Crippen LogP contribution in [-0.4, -0.2) is 74.6 Å². The van der Waals surface area contributed by atoms with Gasteiger partial charge >= 0.3 is 0 Å². The second kappa shape index (κ2) is 11.9. The van der Waals surface area contributed by atoms with E-state index in [4.69, 9.17) is 18.9 Å². The molecule has 0 aromatic heterocycles. The number of rotatable bonds is 11. The van der Waals surface area contributed by atoms with Gasteiger partial charge in [-0.05, 0) is 67.8 Å². The standard InChI is InChI=1S/C26H34N2O6/c1-31-22-5-7-23(8-6-22)32-12-10-26(30)27-20(17-28-11-2-3-21(28)18-29)15-19-4-9-24-25(16-19)34-14-13-33-24/h4-9,16,20-21,29H,2-3,10-15,17-18H2,1H3,(H,27,30)/t20-,21+/m0/s1. The van der Waals surface area contributed by atoms with Gasteiger partial charge in [0, 0.05) is 18.6 Å². The number of benzene rings is 2. The van der Waals surface area contributed by atoms with Crippen molar-refractivity contribution < 1.29 is 28.8 Å². The van der Waals surface area contributed by atoms with Crippen molar-refractivity contribution >= 4 is 5.91 Å². The number of hydrogen-bond donors (Lipinski definition) is 2. The Morgan fingerprint density at radius 3 is 2.68 bits per heavy atom. The Balaban J connectivity index is 1.35. The van der Waals surface area contributed by atoms with Crippen molar-refractivity contribution in [3.8, 4) is 23.0 Å². The van der Waals surface area contributed by atoms with E-state index in [1.807, 2.05) is 42.5 Å². The fourth-order valence-electron chi connectivity index (χ4n) is 4.52. The summed E-state index contributed by atoms with van der Waals surface area (Å²) in [6, 6.07) is 13.3. The summed E-state index contributed by atoms with van der Waals surface area (Å²) < 4.78 is 22.2. The molecule has 184 valence electrons. The minimum atomic E-state index is -0.0943. The van der Waals surface area contributed by atoms with Crippen LogP contribution in [0.1, 0.15) is 24.8 Å². The third kappa shape index (κ3) is 6.55. The number of methoxy groups -OCH3 is 1. The van der Waals surface area contributed by atoms with Gasteiger partial charge in [0.1, 0.15) is 24.7 Å². The first-order chi connectivity index (χ1) is 16.6. The zero-order chi connectivity index (χ0) is 23.8. The number of nitrogens with zero attached hydrogens (tertiary/aromatic N) is 1. The fourth-order valence-corrected chi connectivity index (χ4v) is 4.52. The molecule has 34 heavy (non-hydrogen) atoms. The summed E-state index contributed by atoms with van der Waals surface area (Å²) >= 11 is 0. The fraction of sp³-hybridized carbons (Fsp3) is 0.500. The number of amides is 1. The average Bonchev–Trinajstić information content (AvgIpc) is 3.31. The molecule has 0 saturated carbocycles. The Labute approximate surface area is 200 Å². The highest BCUT2D eigenvalue weighted by molar-refractivity contribution is 5.76. The van der Waals surface area contributed by atoms with Crippen molar-refractivity contribution in [2.75, 3.05) is 46.6 Å². The van der Waals surface area contributed by atoms with Crippen LogP contribution in [-0.2, 0) is 11.2 Å². The third-order valence-corrected chi connectivity index (χ3v) is 6.28. The van der Waals surface area contributed by atoms with E-state index in [0.29, 0.717) is 31.9 Å². The van der Waals surface area contributed by atoms with Gasteiger partial charge in [0.2, 0.25) is 5.91 Å². The molecule has 2 aromatic rings. The summed E-state index contributed by atoms with van der Waals surface area (Å²) in [7, 11) is 1.62. The zero-order valence-electron chi connectivity index (χ0n) is 19.7. The van der Waals surface area contributed by atoms with Crippen molar-refractivity contribution in [2.24, 2.45) is 0 Å². The van der Waals surface area contributed by atoms with Gasteiger partial charge in [0.05, 0.1) is 26.7 Å². The molecule has 0 unspecified atom stereocenters.